The van der Waals surface area contributed by atoms with Crippen molar-refractivity contribution in [2.24, 2.45) is 0 Å². The van der Waals surface area contributed by atoms with Crippen molar-refractivity contribution in [2.45, 2.75) is 32.6 Å². The molecule has 1 aliphatic rings. The third-order valence-corrected chi connectivity index (χ3v) is 4.45. The second kappa shape index (κ2) is 8.77. The number of fused-ring (bicyclic) bond motifs is 1. The van der Waals surface area contributed by atoms with Gasteiger partial charge in [0, 0.05) is 24.3 Å². The Hall–Kier alpha value is -2.20. The fraction of sp³-hybridized carbons (Fsp3) is 0.350. The van der Waals surface area contributed by atoms with Gasteiger partial charge in [-0.25, -0.2) is 0 Å². The van der Waals surface area contributed by atoms with E-state index < -0.39 is 0 Å². The van der Waals surface area contributed by atoms with Crippen LogP contribution in [0, 0.1) is 0 Å². The number of nitrogens with two attached hydrogens (primary N) is 1. The van der Waals surface area contributed by atoms with Gasteiger partial charge in [-0.1, -0.05) is 18.2 Å². The molecular formula is C20H25ClN2O2. The summed E-state index contributed by atoms with van der Waals surface area (Å²) in [4.78, 5) is 14.6. The number of benzene rings is 2. The fourth-order valence-corrected chi connectivity index (χ4v) is 3.22. The fourth-order valence-electron chi connectivity index (χ4n) is 3.22. The van der Waals surface area contributed by atoms with Crippen LogP contribution < -0.4 is 15.4 Å². The predicted molar refractivity (Wildman–Crippen MR) is 105 cm³/mol. The zero-order chi connectivity index (χ0) is 16.9. The van der Waals surface area contributed by atoms with Crippen LogP contribution in [0.15, 0.2) is 42.5 Å². The highest BCUT2D eigenvalue weighted by atomic mass is 35.5. The summed E-state index contributed by atoms with van der Waals surface area (Å²) in [7, 11) is 0. The van der Waals surface area contributed by atoms with Gasteiger partial charge in [0.15, 0.2) is 0 Å². The average molecular weight is 361 g/mol. The summed E-state index contributed by atoms with van der Waals surface area (Å²) < 4.78 is 5.44. The number of nitrogens with zero attached hydrogens (tertiary/aromatic N) is 1. The summed E-state index contributed by atoms with van der Waals surface area (Å²) >= 11 is 0. The molecule has 0 atom stereocenters. The quantitative estimate of drug-likeness (QED) is 0.820. The number of carbonyl (C=O) groups is 1. The average Bonchev–Trinajstić information content (AvgIpc) is 2.61. The Morgan fingerprint density at radius 3 is 2.68 bits per heavy atom. The molecule has 2 N–H and O–H groups in total. The van der Waals surface area contributed by atoms with Crippen molar-refractivity contribution in [2.75, 3.05) is 23.8 Å². The van der Waals surface area contributed by atoms with Crippen LogP contribution in [0.1, 0.15) is 30.9 Å². The van der Waals surface area contributed by atoms with Gasteiger partial charge in [0.2, 0.25) is 5.91 Å². The predicted octanol–water partition coefficient (Wildman–Crippen LogP) is 4.00. The molecule has 0 saturated heterocycles. The summed E-state index contributed by atoms with van der Waals surface area (Å²) in [5.41, 5.74) is 10.1. The molecule has 1 heterocycles. The second-order valence-electron chi connectivity index (χ2n) is 6.07. The molecule has 2 aromatic carbocycles. The largest absolute Gasteiger partial charge is 0.494 e. The zero-order valence-electron chi connectivity index (χ0n) is 14.5. The number of amides is 1. The topological polar surface area (TPSA) is 55.6 Å². The summed E-state index contributed by atoms with van der Waals surface area (Å²) in [5.74, 6) is 1.03. The Bertz CT molecular complexity index is 716. The highest BCUT2D eigenvalue weighted by Gasteiger charge is 2.23. The number of rotatable bonds is 5. The van der Waals surface area contributed by atoms with Crippen LogP contribution in [0.2, 0.25) is 0 Å². The first-order valence-electron chi connectivity index (χ1n) is 8.58. The van der Waals surface area contributed by atoms with E-state index in [1.807, 2.05) is 54.3 Å². The lowest BCUT2D eigenvalue weighted by Crippen LogP contribution is -2.35. The van der Waals surface area contributed by atoms with Gasteiger partial charge >= 0.3 is 0 Å². The molecule has 0 spiro atoms. The molecule has 0 bridgehead atoms. The first-order chi connectivity index (χ1) is 11.7. The van der Waals surface area contributed by atoms with Gasteiger partial charge in [-0.15, -0.1) is 12.4 Å². The molecular weight excluding hydrogens is 336 g/mol. The van der Waals surface area contributed by atoms with Crippen molar-refractivity contribution < 1.29 is 9.53 Å². The Morgan fingerprint density at radius 1 is 1.20 bits per heavy atom. The lowest BCUT2D eigenvalue weighted by molar-refractivity contribution is -0.118. The monoisotopic (exact) mass is 360 g/mol. The molecule has 0 aliphatic carbocycles. The first-order valence-corrected chi connectivity index (χ1v) is 8.58. The third-order valence-electron chi connectivity index (χ3n) is 4.45. The SMILES string of the molecule is CCOc1ccc(CCC(=O)N2CCCc3c(N)cccc32)cc1.Cl. The number of aryl methyl sites for hydroxylation is 1. The number of carbonyl (C=O) groups excluding carboxylic acids is 1. The van der Waals surface area contributed by atoms with E-state index in [0.717, 1.165) is 54.1 Å². The lowest BCUT2D eigenvalue weighted by atomic mass is 9.99. The zero-order valence-corrected chi connectivity index (χ0v) is 15.3. The van der Waals surface area contributed by atoms with Gasteiger partial charge in [0.05, 0.1) is 6.61 Å². The van der Waals surface area contributed by atoms with Gasteiger partial charge in [-0.3, -0.25) is 4.79 Å². The van der Waals surface area contributed by atoms with E-state index in [9.17, 15) is 4.79 Å². The minimum Gasteiger partial charge on any atom is -0.494 e. The van der Waals surface area contributed by atoms with E-state index in [1.54, 1.807) is 0 Å². The van der Waals surface area contributed by atoms with Crippen molar-refractivity contribution in [1.29, 1.82) is 0 Å². The van der Waals surface area contributed by atoms with Crippen LogP contribution in [0.5, 0.6) is 5.75 Å². The summed E-state index contributed by atoms with van der Waals surface area (Å²) in [5, 5.41) is 0. The summed E-state index contributed by atoms with van der Waals surface area (Å²) in [6.45, 7) is 3.41. The smallest absolute Gasteiger partial charge is 0.227 e. The molecule has 4 nitrogen and oxygen atoms in total. The van der Waals surface area contributed by atoms with Gasteiger partial charge < -0.3 is 15.4 Å². The Kier molecular flexibility index (Phi) is 6.71. The van der Waals surface area contributed by atoms with Crippen molar-refractivity contribution in [3.63, 3.8) is 0 Å². The summed E-state index contributed by atoms with van der Waals surface area (Å²) in [6, 6.07) is 13.8. The van der Waals surface area contributed by atoms with Crippen LogP contribution in [0.4, 0.5) is 11.4 Å². The van der Waals surface area contributed by atoms with Crippen LogP contribution in [0.25, 0.3) is 0 Å². The number of hydrogen-bond acceptors (Lipinski definition) is 3. The number of nitrogen functional groups attached to an aromatic ring is 1. The molecule has 0 unspecified atom stereocenters. The van der Waals surface area contributed by atoms with Gasteiger partial charge in [0.25, 0.3) is 0 Å². The maximum absolute atomic E-state index is 12.7. The molecule has 0 aromatic heterocycles. The maximum Gasteiger partial charge on any atom is 0.227 e. The Labute approximate surface area is 155 Å². The minimum absolute atomic E-state index is 0. The Balaban J connectivity index is 0.00000225. The minimum atomic E-state index is 0. The number of anilines is 2. The number of halogens is 1. The first kappa shape index (κ1) is 19.1. The molecule has 1 aliphatic heterocycles. The molecule has 0 fully saturated rings. The maximum atomic E-state index is 12.7. The molecule has 0 saturated carbocycles. The van der Waals surface area contributed by atoms with Crippen molar-refractivity contribution >= 4 is 29.7 Å². The summed E-state index contributed by atoms with van der Waals surface area (Å²) in [6.07, 6.45) is 3.16. The number of ether oxygens (including phenoxy) is 1. The van der Waals surface area contributed by atoms with Crippen LogP contribution in [-0.2, 0) is 17.6 Å². The van der Waals surface area contributed by atoms with Crippen molar-refractivity contribution in [1.82, 2.24) is 0 Å². The van der Waals surface area contributed by atoms with E-state index >= 15 is 0 Å². The molecule has 25 heavy (non-hydrogen) atoms. The third kappa shape index (κ3) is 4.45. The van der Waals surface area contributed by atoms with E-state index in [0.29, 0.717) is 13.0 Å². The van der Waals surface area contributed by atoms with Gasteiger partial charge in [-0.2, -0.15) is 0 Å². The highest BCUT2D eigenvalue weighted by molar-refractivity contribution is 5.95. The molecule has 134 valence electrons. The van der Waals surface area contributed by atoms with Gasteiger partial charge in [0.1, 0.15) is 5.75 Å². The lowest BCUT2D eigenvalue weighted by Gasteiger charge is -2.30. The van der Waals surface area contributed by atoms with E-state index in [-0.39, 0.29) is 18.3 Å². The highest BCUT2D eigenvalue weighted by Crippen LogP contribution is 2.31. The van der Waals surface area contributed by atoms with Crippen molar-refractivity contribution in [3.05, 3.63) is 53.6 Å². The van der Waals surface area contributed by atoms with E-state index in [2.05, 4.69) is 0 Å². The molecule has 5 heteroatoms. The van der Waals surface area contributed by atoms with Gasteiger partial charge in [-0.05, 0) is 61.6 Å². The van der Waals surface area contributed by atoms with Crippen molar-refractivity contribution in [3.8, 4) is 5.75 Å². The van der Waals surface area contributed by atoms with Crippen LogP contribution in [0.3, 0.4) is 0 Å². The van der Waals surface area contributed by atoms with E-state index in [4.69, 9.17) is 10.5 Å². The van der Waals surface area contributed by atoms with Crippen LogP contribution >= 0.6 is 12.4 Å². The normalized spacial score (nSPS) is 12.9. The molecule has 2 aromatic rings. The molecule has 3 rings (SSSR count). The number of hydrogen-bond donors (Lipinski definition) is 1. The van der Waals surface area contributed by atoms with Crippen LogP contribution in [-0.4, -0.2) is 19.1 Å². The Morgan fingerprint density at radius 2 is 1.96 bits per heavy atom. The second-order valence-corrected chi connectivity index (χ2v) is 6.07. The standard InChI is InChI=1S/C20H24N2O2.ClH/c1-2-24-16-11-8-15(9-12-16)10-13-20(23)22-14-4-5-17-18(21)6-3-7-19(17)22;/h3,6-9,11-12H,2,4-5,10,13-14,21H2,1H3;1H. The molecule has 0 radical (unpaired) electrons. The van der Waals surface area contributed by atoms with E-state index in [1.165, 1.54) is 0 Å². The molecule has 1 amide bonds.